The predicted molar refractivity (Wildman–Crippen MR) is 130 cm³/mol. The summed E-state index contributed by atoms with van der Waals surface area (Å²) >= 11 is 0. The summed E-state index contributed by atoms with van der Waals surface area (Å²) in [6.45, 7) is 0. The SMILES string of the molecule is CNc1ccc2cc(-c3cc(-c4c[nH]c(=O)[nH]c4=O)cc(-c4ccoc4)c3OC)ccc2c1. The molecule has 2 heterocycles. The summed E-state index contributed by atoms with van der Waals surface area (Å²) in [5.74, 6) is 0.659. The van der Waals surface area contributed by atoms with Gasteiger partial charge in [0.2, 0.25) is 0 Å². The third-order valence-electron chi connectivity index (χ3n) is 5.70. The van der Waals surface area contributed by atoms with Gasteiger partial charge in [-0.05, 0) is 58.3 Å². The van der Waals surface area contributed by atoms with Gasteiger partial charge in [0.15, 0.2) is 0 Å². The minimum Gasteiger partial charge on any atom is -0.495 e. The first-order chi connectivity index (χ1) is 16.1. The summed E-state index contributed by atoms with van der Waals surface area (Å²) in [6, 6.07) is 17.9. The van der Waals surface area contributed by atoms with E-state index in [-0.39, 0.29) is 0 Å². The van der Waals surface area contributed by atoms with Crippen LogP contribution in [0, 0.1) is 0 Å². The van der Waals surface area contributed by atoms with Crippen LogP contribution in [0.2, 0.25) is 0 Å². The highest BCUT2D eigenvalue weighted by molar-refractivity contribution is 5.93. The average Bonchev–Trinajstić information content (AvgIpc) is 3.37. The molecule has 0 unspecified atom stereocenters. The molecule has 2 aromatic heterocycles. The van der Waals surface area contributed by atoms with Crippen LogP contribution in [-0.4, -0.2) is 24.1 Å². The topological polar surface area (TPSA) is 100 Å². The van der Waals surface area contributed by atoms with Crippen molar-refractivity contribution in [1.82, 2.24) is 9.97 Å². The number of aromatic nitrogens is 2. The lowest BCUT2D eigenvalue weighted by molar-refractivity contribution is 0.418. The molecule has 0 aliphatic carbocycles. The van der Waals surface area contributed by atoms with E-state index in [2.05, 4.69) is 39.6 Å². The predicted octanol–water partition coefficient (Wildman–Crippen LogP) is 4.86. The van der Waals surface area contributed by atoms with Crippen LogP contribution in [0.25, 0.3) is 44.2 Å². The van der Waals surface area contributed by atoms with Gasteiger partial charge in [-0.1, -0.05) is 18.2 Å². The van der Waals surface area contributed by atoms with E-state index in [9.17, 15) is 9.59 Å². The number of rotatable bonds is 5. The van der Waals surface area contributed by atoms with Gasteiger partial charge < -0.3 is 19.5 Å². The first-order valence-electron chi connectivity index (χ1n) is 10.4. The minimum atomic E-state index is -0.553. The van der Waals surface area contributed by atoms with E-state index in [1.165, 1.54) is 6.20 Å². The molecule has 3 aromatic carbocycles. The Kier molecular flexibility index (Phi) is 5.06. The highest BCUT2D eigenvalue weighted by Gasteiger charge is 2.18. The van der Waals surface area contributed by atoms with E-state index >= 15 is 0 Å². The van der Waals surface area contributed by atoms with Crippen molar-refractivity contribution in [3.05, 3.63) is 94.2 Å². The third-order valence-corrected chi connectivity index (χ3v) is 5.70. The van der Waals surface area contributed by atoms with Crippen LogP contribution in [-0.2, 0) is 0 Å². The van der Waals surface area contributed by atoms with E-state index in [1.807, 2.05) is 37.4 Å². The molecule has 0 aliphatic heterocycles. The number of nitrogens with one attached hydrogen (secondary N) is 3. The second-order valence-electron chi connectivity index (χ2n) is 7.63. The number of anilines is 1. The maximum absolute atomic E-state index is 12.5. The molecule has 0 saturated carbocycles. The number of H-pyrrole nitrogens is 2. The quantitative estimate of drug-likeness (QED) is 0.363. The van der Waals surface area contributed by atoms with Gasteiger partial charge in [0.25, 0.3) is 5.56 Å². The molecule has 0 saturated heterocycles. The van der Waals surface area contributed by atoms with Gasteiger partial charge in [-0.2, -0.15) is 0 Å². The number of aromatic amines is 2. The van der Waals surface area contributed by atoms with E-state index in [4.69, 9.17) is 9.15 Å². The van der Waals surface area contributed by atoms with Gasteiger partial charge in [-0.3, -0.25) is 9.78 Å². The molecule has 164 valence electrons. The summed E-state index contributed by atoms with van der Waals surface area (Å²) < 4.78 is 11.1. The molecular formula is C26H21N3O4. The molecule has 3 N–H and O–H groups in total. The van der Waals surface area contributed by atoms with Crippen molar-refractivity contribution in [2.45, 2.75) is 0 Å². The van der Waals surface area contributed by atoms with Crippen molar-refractivity contribution in [3.8, 4) is 39.1 Å². The van der Waals surface area contributed by atoms with Crippen molar-refractivity contribution >= 4 is 16.5 Å². The summed E-state index contributed by atoms with van der Waals surface area (Å²) in [5.41, 5.74) is 4.35. The zero-order valence-electron chi connectivity index (χ0n) is 18.1. The molecule has 5 aromatic rings. The van der Waals surface area contributed by atoms with E-state index < -0.39 is 11.2 Å². The Labute approximate surface area is 188 Å². The minimum absolute atomic E-state index is 0.350. The fourth-order valence-corrected chi connectivity index (χ4v) is 4.04. The van der Waals surface area contributed by atoms with E-state index in [1.54, 1.807) is 19.6 Å². The molecule has 5 rings (SSSR count). The molecular weight excluding hydrogens is 418 g/mol. The molecule has 0 aliphatic rings. The summed E-state index contributed by atoms with van der Waals surface area (Å²) in [4.78, 5) is 28.9. The Balaban J connectivity index is 1.78. The van der Waals surface area contributed by atoms with Crippen LogP contribution < -0.4 is 21.3 Å². The van der Waals surface area contributed by atoms with Crippen molar-refractivity contribution < 1.29 is 9.15 Å². The number of fused-ring (bicyclic) bond motifs is 1. The highest BCUT2D eigenvalue weighted by Crippen LogP contribution is 2.42. The fraction of sp³-hybridized carbons (Fsp3) is 0.0769. The number of hydrogen-bond donors (Lipinski definition) is 3. The molecule has 0 bridgehead atoms. The van der Waals surface area contributed by atoms with Gasteiger partial charge in [0, 0.05) is 35.6 Å². The summed E-state index contributed by atoms with van der Waals surface area (Å²) in [7, 11) is 3.51. The molecule has 0 fully saturated rings. The van der Waals surface area contributed by atoms with Crippen LogP contribution in [0.5, 0.6) is 5.75 Å². The van der Waals surface area contributed by atoms with Gasteiger partial charge >= 0.3 is 5.69 Å². The molecule has 0 radical (unpaired) electrons. The van der Waals surface area contributed by atoms with Gasteiger partial charge in [-0.25, -0.2) is 4.79 Å². The Morgan fingerprint density at radius 3 is 2.30 bits per heavy atom. The largest absolute Gasteiger partial charge is 0.495 e. The van der Waals surface area contributed by atoms with Crippen molar-refractivity contribution in [3.63, 3.8) is 0 Å². The van der Waals surface area contributed by atoms with Crippen molar-refractivity contribution in [2.75, 3.05) is 19.5 Å². The van der Waals surface area contributed by atoms with Crippen LogP contribution >= 0.6 is 0 Å². The third kappa shape index (κ3) is 3.70. The lowest BCUT2D eigenvalue weighted by Gasteiger charge is -2.16. The van der Waals surface area contributed by atoms with Crippen LogP contribution in [0.15, 0.2) is 87.3 Å². The van der Waals surface area contributed by atoms with Crippen LogP contribution in [0.4, 0.5) is 5.69 Å². The normalized spacial score (nSPS) is 11.0. The monoisotopic (exact) mass is 439 g/mol. The van der Waals surface area contributed by atoms with E-state index in [0.29, 0.717) is 16.9 Å². The summed E-state index contributed by atoms with van der Waals surface area (Å²) in [5, 5.41) is 5.33. The fourth-order valence-electron chi connectivity index (χ4n) is 4.04. The number of ether oxygens (including phenoxy) is 1. The average molecular weight is 439 g/mol. The first kappa shape index (κ1) is 20.4. The standard InChI is InChI=1S/C26H21N3O4/c1-27-20-6-5-15-9-17(4-3-16(15)10-20)21-11-19(23-13-28-26(31)29-25(23)30)12-22(24(21)32-2)18-7-8-33-14-18/h3-14,27H,1-2H3,(H2,28,29,30,31). The van der Waals surface area contributed by atoms with Crippen LogP contribution in [0.1, 0.15) is 0 Å². The van der Waals surface area contributed by atoms with Gasteiger partial charge in [-0.15, -0.1) is 0 Å². The number of hydrogen-bond acceptors (Lipinski definition) is 5. The lowest BCUT2D eigenvalue weighted by Crippen LogP contribution is -2.22. The molecule has 0 atom stereocenters. The first-order valence-corrected chi connectivity index (χ1v) is 10.4. The number of benzene rings is 3. The number of methoxy groups -OCH3 is 1. The lowest BCUT2D eigenvalue weighted by atomic mass is 9.92. The second-order valence-corrected chi connectivity index (χ2v) is 7.63. The zero-order chi connectivity index (χ0) is 22.9. The van der Waals surface area contributed by atoms with Crippen molar-refractivity contribution in [1.29, 1.82) is 0 Å². The van der Waals surface area contributed by atoms with Gasteiger partial charge in [0.1, 0.15) is 5.75 Å². The maximum Gasteiger partial charge on any atom is 0.325 e. The Bertz CT molecular complexity index is 1580. The van der Waals surface area contributed by atoms with Gasteiger partial charge in [0.05, 0.1) is 25.2 Å². The summed E-state index contributed by atoms with van der Waals surface area (Å²) in [6.07, 6.45) is 4.64. The van der Waals surface area contributed by atoms with Crippen LogP contribution in [0.3, 0.4) is 0 Å². The second kappa shape index (κ2) is 8.20. The van der Waals surface area contributed by atoms with Crippen molar-refractivity contribution in [2.24, 2.45) is 0 Å². The molecule has 7 nitrogen and oxygen atoms in total. The Morgan fingerprint density at radius 2 is 1.61 bits per heavy atom. The molecule has 7 heteroatoms. The zero-order valence-corrected chi connectivity index (χ0v) is 18.1. The maximum atomic E-state index is 12.5. The molecule has 33 heavy (non-hydrogen) atoms. The molecule has 0 spiro atoms. The Hall–Kier alpha value is -4.52. The molecule has 0 amide bonds. The highest BCUT2D eigenvalue weighted by atomic mass is 16.5. The van der Waals surface area contributed by atoms with E-state index in [0.717, 1.165) is 38.7 Å². The Morgan fingerprint density at radius 1 is 0.848 bits per heavy atom. The smallest absolute Gasteiger partial charge is 0.325 e. The number of furan rings is 1.